The monoisotopic (exact) mass is 340 g/mol. The van der Waals surface area contributed by atoms with Gasteiger partial charge in [0.15, 0.2) is 0 Å². The van der Waals surface area contributed by atoms with Gasteiger partial charge in [0.2, 0.25) is 0 Å². The summed E-state index contributed by atoms with van der Waals surface area (Å²) in [5, 5.41) is 0.521. The Morgan fingerprint density at radius 3 is 2.68 bits per heavy atom. The van der Waals surface area contributed by atoms with Crippen molar-refractivity contribution in [3.8, 4) is 11.1 Å². The molecule has 0 radical (unpaired) electrons. The highest BCUT2D eigenvalue weighted by atomic mass is 19.1. The van der Waals surface area contributed by atoms with Crippen LogP contribution in [0.1, 0.15) is 26.1 Å². The van der Waals surface area contributed by atoms with Gasteiger partial charge in [-0.15, -0.1) is 0 Å². The number of rotatable bonds is 1. The normalized spacial score (nSPS) is 16.0. The number of aryl methyl sites for hydroxylation is 1. The summed E-state index contributed by atoms with van der Waals surface area (Å²) in [7, 11) is 0. The lowest BCUT2D eigenvalue weighted by molar-refractivity contribution is 0.240. The van der Waals surface area contributed by atoms with Crippen molar-refractivity contribution in [2.45, 2.75) is 33.2 Å². The second-order valence-electron chi connectivity index (χ2n) is 7.44. The van der Waals surface area contributed by atoms with Crippen molar-refractivity contribution >= 4 is 10.9 Å². The molecular formula is C20H18F2N2O. The lowest BCUT2D eigenvalue weighted by atomic mass is 9.85. The Balaban J connectivity index is 1.89. The standard InChI is InChI=1S/C20H18F2N2O/c1-20(2)8-7-18-23-17-9-12(14-6-4-13(21)10-16(14)22)3-5-15(17)19(25)24(18)11-20/h3-6,9-10H,7-8,11H2,1-2H3. The summed E-state index contributed by atoms with van der Waals surface area (Å²) < 4.78 is 28.9. The Kier molecular flexibility index (Phi) is 3.49. The maximum Gasteiger partial charge on any atom is 0.261 e. The molecular weight excluding hydrogens is 322 g/mol. The summed E-state index contributed by atoms with van der Waals surface area (Å²) >= 11 is 0. The lowest BCUT2D eigenvalue weighted by Crippen LogP contribution is -2.36. The third-order valence-electron chi connectivity index (χ3n) is 4.89. The van der Waals surface area contributed by atoms with E-state index in [0.717, 1.165) is 24.7 Å². The molecule has 5 heteroatoms. The van der Waals surface area contributed by atoms with E-state index < -0.39 is 11.6 Å². The van der Waals surface area contributed by atoms with Crippen molar-refractivity contribution in [3.05, 3.63) is 64.2 Å². The van der Waals surface area contributed by atoms with Crippen LogP contribution in [0.3, 0.4) is 0 Å². The molecule has 2 heterocycles. The third kappa shape index (κ3) is 2.73. The van der Waals surface area contributed by atoms with Crippen LogP contribution in [-0.2, 0) is 13.0 Å². The minimum absolute atomic E-state index is 0.0566. The van der Waals surface area contributed by atoms with E-state index in [-0.39, 0.29) is 11.0 Å². The number of hydrogen-bond donors (Lipinski definition) is 0. The van der Waals surface area contributed by atoms with E-state index in [1.807, 2.05) is 0 Å². The molecule has 4 rings (SSSR count). The van der Waals surface area contributed by atoms with Gasteiger partial charge in [0.05, 0.1) is 10.9 Å². The molecule has 3 aromatic rings. The van der Waals surface area contributed by atoms with Crippen LogP contribution in [0.5, 0.6) is 0 Å². The molecule has 0 aliphatic carbocycles. The smallest absolute Gasteiger partial charge is 0.261 e. The van der Waals surface area contributed by atoms with Gasteiger partial charge >= 0.3 is 0 Å². The highest BCUT2D eigenvalue weighted by molar-refractivity contribution is 5.83. The van der Waals surface area contributed by atoms with Crippen LogP contribution in [0.4, 0.5) is 8.78 Å². The fourth-order valence-corrected chi connectivity index (χ4v) is 3.47. The minimum Gasteiger partial charge on any atom is -0.296 e. The van der Waals surface area contributed by atoms with Crippen molar-refractivity contribution in [3.63, 3.8) is 0 Å². The van der Waals surface area contributed by atoms with Crippen molar-refractivity contribution in [2.75, 3.05) is 0 Å². The molecule has 128 valence electrons. The van der Waals surface area contributed by atoms with Crippen LogP contribution >= 0.6 is 0 Å². The molecule has 0 fully saturated rings. The van der Waals surface area contributed by atoms with E-state index in [2.05, 4.69) is 18.8 Å². The second kappa shape index (κ2) is 5.48. The largest absolute Gasteiger partial charge is 0.296 e. The average Bonchev–Trinajstić information content (AvgIpc) is 2.55. The van der Waals surface area contributed by atoms with Crippen LogP contribution < -0.4 is 5.56 Å². The Bertz CT molecular complexity index is 1050. The number of fused-ring (bicyclic) bond motifs is 2. The fraction of sp³-hybridized carbons (Fsp3) is 0.300. The highest BCUT2D eigenvalue weighted by Crippen LogP contribution is 2.30. The Labute approximate surface area is 143 Å². The Morgan fingerprint density at radius 2 is 1.92 bits per heavy atom. The first-order valence-electron chi connectivity index (χ1n) is 8.33. The van der Waals surface area contributed by atoms with Crippen molar-refractivity contribution < 1.29 is 8.78 Å². The van der Waals surface area contributed by atoms with Gasteiger partial charge in [0.1, 0.15) is 17.5 Å². The van der Waals surface area contributed by atoms with E-state index in [9.17, 15) is 13.6 Å². The molecule has 25 heavy (non-hydrogen) atoms. The van der Waals surface area contributed by atoms with Gasteiger partial charge in [-0.25, -0.2) is 13.8 Å². The molecule has 1 aliphatic rings. The molecule has 0 amide bonds. The Morgan fingerprint density at radius 1 is 1.12 bits per heavy atom. The zero-order valence-corrected chi connectivity index (χ0v) is 14.1. The van der Waals surface area contributed by atoms with Gasteiger partial charge in [-0.05, 0) is 41.7 Å². The van der Waals surface area contributed by atoms with Gasteiger partial charge in [0.25, 0.3) is 5.56 Å². The van der Waals surface area contributed by atoms with Crippen LogP contribution in [-0.4, -0.2) is 9.55 Å². The zero-order chi connectivity index (χ0) is 17.8. The highest BCUT2D eigenvalue weighted by Gasteiger charge is 2.27. The van der Waals surface area contributed by atoms with Crippen LogP contribution in [0.2, 0.25) is 0 Å². The van der Waals surface area contributed by atoms with E-state index in [0.29, 0.717) is 28.6 Å². The van der Waals surface area contributed by atoms with Gasteiger partial charge in [-0.1, -0.05) is 19.9 Å². The van der Waals surface area contributed by atoms with E-state index >= 15 is 0 Å². The summed E-state index contributed by atoms with van der Waals surface area (Å²) in [5.41, 5.74) is 1.45. The van der Waals surface area contributed by atoms with Gasteiger partial charge in [-0.3, -0.25) is 9.36 Å². The van der Waals surface area contributed by atoms with Gasteiger partial charge < -0.3 is 0 Å². The second-order valence-corrected chi connectivity index (χ2v) is 7.44. The predicted molar refractivity (Wildman–Crippen MR) is 93.5 cm³/mol. The number of benzene rings is 2. The molecule has 0 saturated carbocycles. The first kappa shape index (κ1) is 15.9. The number of aromatic nitrogens is 2. The van der Waals surface area contributed by atoms with Crippen LogP contribution in [0.25, 0.3) is 22.0 Å². The van der Waals surface area contributed by atoms with Crippen molar-refractivity contribution in [1.82, 2.24) is 9.55 Å². The SMILES string of the molecule is CC1(C)CCc2nc3cc(-c4ccc(F)cc4F)ccc3c(=O)n2C1. The summed E-state index contributed by atoms with van der Waals surface area (Å²) in [6.45, 7) is 4.94. The maximum absolute atomic E-state index is 14.0. The molecule has 0 unspecified atom stereocenters. The summed E-state index contributed by atoms with van der Waals surface area (Å²) in [6, 6.07) is 8.55. The number of halogens is 2. The molecule has 1 aliphatic heterocycles. The zero-order valence-electron chi connectivity index (χ0n) is 14.1. The molecule has 0 bridgehead atoms. The maximum atomic E-state index is 14.0. The van der Waals surface area contributed by atoms with E-state index in [1.54, 1.807) is 22.8 Å². The first-order valence-corrected chi connectivity index (χ1v) is 8.33. The van der Waals surface area contributed by atoms with Gasteiger partial charge in [0, 0.05) is 24.6 Å². The predicted octanol–water partition coefficient (Wildman–Crippen LogP) is 4.31. The molecule has 2 aromatic carbocycles. The lowest BCUT2D eigenvalue weighted by Gasteiger charge is -2.31. The minimum atomic E-state index is -0.629. The Hall–Kier alpha value is -2.56. The third-order valence-corrected chi connectivity index (χ3v) is 4.89. The van der Waals surface area contributed by atoms with Crippen LogP contribution in [0, 0.1) is 17.0 Å². The number of hydrogen-bond acceptors (Lipinski definition) is 2. The van der Waals surface area contributed by atoms with Crippen molar-refractivity contribution in [2.24, 2.45) is 5.41 Å². The summed E-state index contributed by atoms with van der Waals surface area (Å²) in [4.78, 5) is 17.5. The average molecular weight is 340 g/mol. The quantitative estimate of drug-likeness (QED) is 0.661. The van der Waals surface area contributed by atoms with E-state index in [1.165, 1.54) is 12.1 Å². The van der Waals surface area contributed by atoms with E-state index in [4.69, 9.17) is 0 Å². The topological polar surface area (TPSA) is 34.9 Å². The number of nitrogens with zero attached hydrogens (tertiary/aromatic N) is 2. The summed E-state index contributed by atoms with van der Waals surface area (Å²) in [6.07, 6.45) is 1.71. The van der Waals surface area contributed by atoms with Crippen LogP contribution in [0.15, 0.2) is 41.2 Å². The molecule has 0 spiro atoms. The molecule has 0 N–H and O–H groups in total. The summed E-state index contributed by atoms with van der Waals surface area (Å²) in [5.74, 6) is -0.473. The van der Waals surface area contributed by atoms with Crippen molar-refractivity contribution in [1.29, 1.82) is 0 Å². The molecule has 3 nitrogen and oxygen atoms in total. The fourth-order valence-electron chi connectivity index (χ4n) is 3.47. The first-order chi connectivity index (χ1) is 11.8. The molecule has 1 aromatic heterocycles. The molecule has 0 atom stereocenters. The molecule has 0 saturated heterocycles. The van der Waals surface area contributed by atoms with Gasteiger partial charge in [-0.2, -0.15) is 0 Å².